The zero-order chi connectivity index (χ0) is 10.1. The molecule has 13 heavy (non-hydrogen) atoms. The minimum absolute atomic E-state index is 0.0726. The summed E-state index contributed by atoms with van der Waals surface area (Å²) in [6.07, 6.45) is 2.52. The van der Waals surface area contributed by atoms with E-state index in [2.05, 4.69) is 6.92 Å². The molecular formula is C10H18O3. The van der Waals surface area contributed by atoms with E-state index in [0.29, 0.717) is 12.3 Å². The summed E-state index contributed by atoms with van der Waals surface area (Å²) < 4.78 is 5.33. The summed E-state index contributed by atoms with van der Waals surface area (Å²) in [6, 6.07) is 0. The van der Waals surface area contributed by atoms with Crippen LogP contribution in [0.15, 0.2) is 0 Å². The molecule has 0 saturated carbocycles. The second-order valence-electron chi connectivity index (χ2n) is 4.08. The largest absolute Gasteiger partial charge is 0.479 e. The van der Waals surface area contributed by atoms with E-state index in [0.717, 1.165) is 12.8 Å². The Morgan fingerprint density at radius 3 is 2.54 bits per heavy atom. The number of unbranched alkanes of at least 4 members (excludes halogenated alkanes) is 1. The summed E-state index contributed by atoms with van der Waals surface area (Å²) in [5, 5.41) is 9.02. The van der Waals surface area contributed by atoms with E-state index in [1.54, 1.807) is 0 Å². The van der Waals surface area contributed by atoms with Crippen molar-refractivity contribution in [3.8, 4) is 0 Å². The number of hydrogen-bond donors (Lipinski definition) is 1. The van der Waals surface area contributed by atoms with E-state index in [1.165, 1.54) is 0 Å². The molecule has 3 heteroatoms. The van der Waals surface area contributed by atoms with Crippen molar-refractivity contribution in [1.82, 2.24) is 0 Å². The average molecular weight is 186 g/mol. The molecule has 0 radical (unpaired) electrons. The van der Waals surface area contributed by atoms with Gasteiger partial charge in [-0.15, -0.1) is 0 Å². The van der Waals surface area contributed by atoms with Crippen molar-refractivity contribution in [2.24, 2.45) is 5.92 Å². The zero-order valence-electron chi connectivity index (χ0n) is 8.54. The Morgan fingerprint density at radius 1 is 1.62 bits per heavy atom. The monoisotopic (exact) mass is 186 g/mol. The van der Waals surface area contributed by atoms with Crippen LogP contribution < -0.4 is 0 Å². The molecule has 1 N–H and O–H groups in total. The number of hydrogen-bond acceptors (Lipinski definition) is 2. The van der Waals surface area contributed by atoms with Gasteiger partial charge in [0.2, 0.25) is 0 Å². The van der Waals surface area contributed by atoms with Crippen LogP contribution in [0.2, 0.25) is 0 Å². The maximum absolute atomic E-state index is 11.0. The predicted octanol–water partition coefficient (Wildman–Crippen LogP) is 2.05. The number of carboxylic acid groups (broad SMARTS) is 1. The van der Waals surface area contributed by atoms with E-state index in [-0.39, 0.29) is 6.10 Å². The first-order valence-electron chi connectivity index (χ1n) is 4.95. The van der Waals surface area contributed by atoms with Gasteiger partial charge in [0.25, 0.3) is 0 Å². The Morgan fingerprint density at radius 2 is 2.23 bits per heavy atom. The molecule has 0 aromatic carbocycles. The fourth-order valence-electron chi connectivity index (χ4n) is 1.79. The molecule has 1 heterocycles. The molecule has 0 amide bonds. The molecule has 0 aromatic rings. The van der Waals surface area contributed by atoms with E-state index in [1.807, 2.05) is 13.8 Å². The van der Waals surface area contributed by atoms with Crippen LogP contribution in [0.5, 0.6) is 0 Å². The molecule has 0 aromatic heterocycles. The molecule has 2 atom stereocenters. The number of epoxide rings is 1. The van der Waals surface area contributed by atoms with Gasteiger partial charge in [-0.1, -0.05) is 33.6 Å². The highest BCUT2D eigenvalue weighted by Gasteiger charge is 2.63. The lowest BCUT2D eigenvalue weighted by molar-refractivity contribution is -0.143. The van der Waals surface area contributed by atoms with E-state index in [4.69, 9.17) is 9.84 Å². The molecule has 1 fully saturated rings. The Hall–Kier alpha value is -0.570. The first-order chi connectivity index (χ1) is 6.04. The highest BCUT2D eigenvalue weighted by atomic mass is 16.6. The van der Waals surface area contributed by atoms with Crippen LogP contribution in [-0.4, -0.2) is 22.8 Å². The Labute approximate surface area is 79.1 Å². The summed E-state index contributed by atoms with van der Waals surface area (Å²) in [6.45, 7) is 6.06. The average Bonchev–Trinajstić information content (AvgIpc) is 2.76. The van der Waals surface area contributed by atoms with Crippen LogP contribution in [-0.2, 0) is 9.53 Å². The first-order valence-corrected chi connectivity index (χ1v) is 4.95. The number of ether oxygens (including phenoxy) is 1. The molecule has 2 unspecified atom stereocenters. The van der Waals surface area contributed by atoms with Crippen molar-refractivity contribution < 1.29 is 14.6 Å². The number of rotatable bonds is 5. The van der Waals surface area contributed by atoms with Crippen LogP contribution in [0.25, 0.3) is 0 Å². The number of carbonyl (C=O) groups is 1. The van der Waals surface area contributed by atoms with Crippen LogP contribution in [0.3, 0.4) is 0 Å². The molecule has 1 aliphatic heterocycles. The van der Waals surface area contributed by atoms with Gasteiger partial charge < -0.3 is 9.84 Å². The lowest BCUT2D eigenvalue weighted by Crippen LogP contribution is -2.28. The van der Waals surface area contributed by atoms with E-state index in [9.17, 15) is 4.79 Å². The number of carboxylic acids is 1. The van der Waals surface area contributed by atoms with Gasteiger partial charge in [-0.2, -0.15) is 0 Å². The molecule has 0 bridgehead atoms. The molecule has 76 valence electrons. The fourth-order valence-corrected chi connectivity index (χ4v) is 1.79. The maximum Gasteiger partial charge on any atom is 0.338 e. The summed E-state index contributed by atoms with van der Waals surface area (Å²) in [4.78, 5) is 11.0. The normalized spacial score (nSPS) is 32.2. The molecule has 1 aliphatic rings. The van der Waals surface area contributed by atoms with Gasteiger partial charge in [0.05, 0.1) is 0 Å². The fraction of sp³-hybridized carbons (Fsp3) is 0.900. The van der Waals surface area contributed by atoms with Gasteiger partial charge in [0.15, 0.2) is 5.60 Å². The second kappa shape index (κ2) is 3.66. The van der Waals surface area contributed by atoms with Crippen LogP contribution >= 0.6 is 0 Å². The van der Waals surface area contributed by atoms with Gasteiger partial charge in [0.1, 0.15) is 6.10 Å². The molecule has 0 aliphatic carbocycles. The second-order valence-corrected chi connectivity index (χ2v) is 4.08. The van der Waals surface area contributed by atoms with Gasteiger partial charge in [0, 0.05) is 0 Å². The van der Waals surface area contributed by atoms with Gasteiger partial charge >= 0.3 is 5.97 Å². The van der Waals surface area contributed by atoms with Crippen molar-refractivity contribution >= 4 is 5.97 Å². The lowest BCUT2D eigenvalue weighted by atomic mass is 9.92. The molecule has 1 rings (SSSR count). The van der Waals surface area contributed by atoms with Crippen LogP contribution in [0.4, 0.5) is 0 Å². The number of aliphatic carboxylic acids is 1. The highest BCUT2D eigenvalue weighted by Crippen LogP contribution is 2.45. The Bertz CT molecular complexity index is 200. The Kier molecular flexibility index (Phi) is 2.96. The van der Waals surface area contributed by atoms with Crippen molar-refractivity contribution in [2.75, 3.05) is 0 Å². The van der Waals surface area contributed by atoms with E-state index >= 15 is 0 Å². The third kappa shape index (κ3) is 1.85. The molecule has 0 spiro atoms. The predicted molar refractivity (Wildman–Crippen MR) is 49.6 cm³/mol. The third-order valence-corrected chi connectivity index (χ3v) is 2.61. The van der Waals surface area contributed by atoms with Gasteiger partial charge in [-0.25, -0.2) is 4.79 Å². The highest BCUT2D eigenvalue weighted by molar-refractivity contribution is 5.81. The smallest absolute Gasteiger partial charge is 0.338 e. The third-order valence-electron chi connectivity index (χ3n) is 2.61. The Balaban J connectivity index is 2.55. The van der Waals surface area contributed by atoms with Crippen LogP contribution in [0.1, 0.15) is 40.0 Å². The molecular weight excluding hydrogens is 168 g/mol. The molecule has 3 nitrogen and oxygen atoms in total. The summed E-state index contributed by atoms with van der Waals surface area (Å²) in [7, 11) is 0. The standard InChI is InChI=1S/C10H18O3/c1-4-5-6-10(9(11)12)8(13-10)7(2)3/h7-8H,4-6H2,1-3H3,(H,11,12). The van der Waals surface area contributed by atoms with Crippen molar-refractivity contribution in [3.63, 3.8) is 0 Å². The van der Waals surface area contributed by atoms with Crippen LogP contribution in [0, 0.1) is 5.92 Å². The topological polar surface area (TPSA) is 49.8 Å². The minimum atomic E-state index is -0.843. The minimum Gasteiger partial charge on any atom is -0.479 e. The van der Waals surface area contributed by atoms with E-state index < -0.39 is 11.6 Å². The maximum atomic E-state index is 11.0. The van der Waals surface area contributed by atoms with Crippen molar-refractivity contribution in [2.45, 2.75) is 51.7 Å². The van der Waals surface area contributed by atoms with Gasteiger partial charge in [-0.05, 0) is 12.3 Å². The quantitative estimate of drug-likeness (QED) is 0.668. The van der Waals surface area contributed by atoms with Gasteiger partial charge in [-0.3, -0.25) is 0 Å². The lowest BCUT2D eigenvalue weighted by Gasteiger charge is -2.07. The zero-order valence-corrected chi connectivity index (χ0v) is 8.54. The summed E-state index contributed by atoms with van der Waals surface area (Å²) >= 11 is 0. The van der Waals surface area contributed by atoms with Crippen molar-refractivity contribution in [3.05, 3.63) is 0 Å². The SMILES string of the molecule is CCCCC1(C(=O)O)OC1C(C)C. The first kappa shape index (κ1) is 10.5. The van der Waals surface area contributed by atoms with Crippen molar-refractivity contribution in [1.29, 1.82) is 0 Å². The molecule has 1 saturated heterocycles. The summed E-state index contributed by atoms with van der Waals surface area (Å²) in [5.41, 5.74) is -0.843. The summed E-state index contributed by atoms with van der Waals surface area (Å²) in [5.74, 6) is -0.493.